The van der Waals surface area contributed by atoms with Crippen LogP contribution in [-0.4, -0.2) is 57.5 Å². The highest BCUT2D eigenvalue weighted by Crippen LogP contribution is 2.28. The molecule has 0 aromatic rings. The monoisotopic (exact) mass is 278 g/mol. The molecule has 18 heavy (non-hydrogen) atoms. The fourth-order valence-corrected chi connectivity index (χ4v) is 3.49. The van der Waals surface area contributed by atoms with E-state index in [2.05, 4.69) is 45.1 Å². The van der Waals surface area contributed by atoms with Crippen molar-refractivity contribution in [1.29, 1.82) is 0 Å². The maximum Gasteiger partial charge on any atom is 0.147 e. The van der Waals surface area contributed by atoms with Gasteiger partial charge in [-0.3, -0.25) is 0 Å². The molecule has 4 nitrogen and oxygen atoms in total. The van der Waals surface area contributed by atoms with Crippen LogP contribution in [0.3, 0.4) is 0 Å². The highest BCUT2D eigenvalue weighted by molar-refractivity contribution is 7.90. The van der Waals surface area contributed by atoms with E-state index in [0.29, 0.717) is 6.42 Å². The van der Waals surface area contributed by atoms with E-state index < -0.39 is 9.84 Å². The van der Waals surface area contributed by atoms with Crippen LogP contribution in [0.15, 0.2) is 0 Å². The Balaban J connectivity index is 5.03. The van der Waals surface area contributed by atoms with E-state index in [9.17, 15) is 8.42 Å². The van der Waals surface area contributed by atoms with E-state index in [1.54, 1.807) is 0 Å². The molecule has 0 bridgehead atoms. The molecule has 0 saturated heterocycles. The van der Waals surface area contributed by atoms with Crippen molar-refractivity contribution in [3.05, 3.63) is 0 Å². The highest BCUT2D eigenvalue weighted by atomic mass is 32.2. The molecule has 1 unspecified atom stereocenters. The number of nitrogens with one attached hydrogen (secondary N) is 1. The van der Waals surface area contributed by atoms with E-state index >= 15 is 0 Å². The van der Waals surface area contributed by atoms with Gasteiger partial charge in [0.15, 0.2) is 0 Å². The molecular weight excluding hydrogens is 248 g/mol. The van der Waals surface area contributed by atoms with Gasteiger partial charge in [-0.15, -0.1) is 0 Å². The van der Waals surface area contributed by atoms with Crippen LogP contribution in [0, 0.1) is 0 Å². The Kier molecular flexibility index (Phi) is 7.40. The molecular formula is C13H30N2O2S. The van der Waals surface area contributed by atoms with E-state index in [1.165, 1.54) is 6.26 Å². The normalized spacial score (nSPS) is 15.1. The van der Waals surface area contributed by atoms with Gasteiger partial charge < -0.3 is 10.2 Å². The first-order chi connectivity index (χ1) is 8.23. The van der Waals surface area contributed by atoms with Gasteiger partial charge in [-0.25, -0.2) is 8.42 Å². The van der Waals surface area contributed by atoms with Crippen molar-refractivity contribution in [3.63, 3.8) is 0 Å². The maximum atomic E-state index is 11.4. The molecule has 0 amide bonds. The van der Waals surface area contributed by atoms with Gasteiger partial charge in [-0.1, -0.05) is 20.8 Å². The summed E-state index contributed by atoms with van der Waals surface area (Å²) in [7, 11) is 1.26. The predicted molar refractivity (Wildman–Crippen MR) is 78.8 cm³/mol. The summed E-state index contributed by atoms with van der Waals surface area (Å²) >= 11 is 0. The van der Waals surface area contributed by atoms with Crippen LogP contribution in [0.2, 0.25) is 0 Å². The Morgan fingerprint density at radius 3 is 1.94 bits per heavy atom. The molecule has 0 aromatic carbocycles. The third-order valence-corrected chi connectivity index (χ3v) is 4.97. The summed E-state index contributed by atoms with van der Waals surface area (Å²) in [6.07, 6.45) is 4.01. The van der Waals surface area contributed by atoms with Crippen LogP contribution in [0.1, 0.15) is 40.0 Å². The van der Waals surface area contributed by atoms with Gasteiger partial charge in [-0.05, 0) is 39.9 Å². The van der Waals surface area contributed by atoms with Crippen molar-refractivity contribution in [2.45, 2.75) is 51.6 Å². The zero-order valence-corrected chi connectivity index (χ0v) is 13.6. The first-order valence-corrected chi connectivity index (χ1v) is 8.88. The van der Waals surface area contributed by atoms with Crippen LogP contribution in [0.5, 0.6) is 0 Å². The van der Waals surface area contributed by atoms with Gasteiger partial charge in [0.1, 0.15) is 9.84 Å². The Labute approximate surface area is 113 Å². The fourth-order valence-electron chi connectivity index (χ4n) is 2.83. The molecule has 0 fully saturated rings. The molecule has 110 valence electrons. The predicted octanol–water partition coefficient (Wildman–Crippen LogP) is 1.52. The van der Waals surface area contributed by atoms with Gasteiger partial charge in [-0.2, -0.15) is 0 Å². The minimum Gasteiger partial charge on any atom is -0.312 e. The Morgan fingerprint density at radius 2 is 1.67 bits per heavy atom. The largest absolute Gasteiger partial charge is 0.312 e. The summed E-state index contributed by atoms with van der Waals surface area (Å²) in [5.41, 5.74) is 0.0285. The summed E-state index contributed by atoms with van der Waals surface area (Å²) in [5.74, 6) is 0.250. The van der Waals surface area contributed by atoms with Crippen molar-refractivity contribution < 1.29 is 8.42 Å². The summed E-state index contributed by atoms with van der Waals surface area (Å²) in [6, 6.07) is 0.210. The maximum absolute atomic E-state index is 11.4. The summed E-state index contributed by atoms with van der Waals surface area (Å²) < 4.78 is 22.7. The minimum absolute atomic E-state index is 0.0285. The quantitative estimate of drug-likeness (QED) is 0.695. The molecule has 0 aliphatic carbocycles. The first kappa shape index (κ1) is 17.9. The molecule has 0 aromatic heterocycles. The molecule has 0 radical (unpaired) electrons. The molecule has 1 N–H and O–H groups in total. The Hall–Kier alpha value is -0.130. The third-order valence-electron chi connectivity index (χ3n) is 3.99. The van der Waals surface area contributed by atoms with Crippen LogP contribution in [-0.2, 0) is 9.84 Å². The molecule has 0 spiro atoms. The molecule has 0 aliphatic heterocycles. The second kappa shape index (κ2) is 7.46. The first-order valence-electron chi connectivity index (χ1n) is 6.82. The molecule has 0 aliphatic rings. The molecule has 5 heteroatoms. The lowest BCUT2D eigenvalue weighted by atomic mass is 9.82. The molecule has 0 saturated carbocycles. The molecule has 0 rings (SSSR count). The van der Waals surface area contributed by atoms with Crippen LogP contribution in [0.25, 0.3) is 0 Å². The lowest BCUT2D eigenvalue weighted by Gasteiger charge is -2.45. The van der Waals surface area contributed by atoms with Gasteiger partial charge in [0.25, 0.3) is 0 Å². The van der Waals surface area contributed by atoms with Crippen LogP contribution >= 0.6 is 0 Å². The molecule has 1 atom stereocenters. The number of rotatable bonds is 9. The lowest BCUT2D eigenvalue weighted by Crippen LogP contribution is -2.58. The van der Waals surface area contributed by atoms with Crippen LogP contribution < -0.4 is 5.32 Å². The van der Waals surface area contributed by atoms with Crippen molar-refractivity contribution in [1.82, 2.24) is 10.2 Å². The number of hydrogen-bond donors (Lipinski definition) is 1. The number of hydrogen-bond acceptors (Lipinski definition) is 4. The zero-order valence-electron chi connectivity index (χ0n) is 12.8. The SMILES string of the molecule is CCNC(CCS(C)(=O)=O)C(CC)(CC)N(C)C. The summed E-state index contributed by atoms with van der Waals surface area (Å²) in [4.78, 5) is 2.24. The van der Waals surface area contributed by atoms with Crippen LogP contribution in [0.4, 0.5) is 0 Å². The zero-order chi connectivity index (χ0) is 14.4. The second-order valence-corrected chi connectivity index (χ2v) is 7.49. The van der Waals surface area contributed by atoms with Gasteiger partial charge in [0.05, 0.1) is 5.75 Å². The lowest BCUT2D eigenvalue weighted by molar-refractivity contribution is 0.0874. The molecule has 0 heterocycles. The minimum atomic E-state index is -2.90. The average molecular weight is 278 g/mol. The number of sulfone groups is 1. The number of likely N-dealkylation sites (N-methyl/N-ethyl adjacent to an activating group) is 2. The van der Waals surface area contributed by atoms with Gasteiger partial charge in [0, 0.05) is 17.8 Å². The second-order valence-electron chi connectivity index (χ2n) is 5.23. The smallest absolute Gasteiger partial charge is 0.147 e. The Morgan fingerprint density at radius 1 is 1.17 bits per heavy atom. The average Bonchev–Trinajstić information content (AvgIpc) is 2.26. The van der Waals surface area contributed by atoms with Crippen molar-refractivity contribution >= 4 is 9.84 Å². The van der Waals surface area contributed by atoms with Crippen molar-refractivity contribution in [2.24, 2.45) is 0 Å². The van der Waals surface area contributed by atoms with Gasteiger partial charge in [0.2, 0.25) is 0 Å². The fraction of sp³-hybridized carbons (Fsp3) is 1.00. The van der Waals surface area contributed by atoms with E-state index in [0.717, 1.165) is 19.4 Å². The van der Waals surface area contributed by atoms with Crippen molar-refractivity contribution in [2.75, 3.05) is 32.6 Å². The van der Waals surface area contributed by atoms with E-state index in [4.69, 9.17) is 0 Å². The summed E-state index contributed by atoms with van der Waals surface area (Å²) in [5, 5.41) is 3.47. The Bertz CT molecular complexity index is 322. The van der Waals surface area contributed by atoms with E-state index in [1.807, 2.05) is 0 Å². The highest BCUT2D eigenvalue weighted by Gasteiger charge is 2.37. The standard InChI is InChI=1S/C13H30N2O2S/c1-7-13(8-2,15(4)5)12(14-9-3)10-11-18(6,16)17/h12,14H,7-11H2,1-6H3. The summed E-state index contributed by atoms with van der Waals surface area (Å²) in [6.45, 7) is 7.28. The topological polar surface area (TPSA) is 49.4 Å². The van der Waals surface area contributed by atoms with Crippen molar-refractivity contribution in [3.8, 4) is 0 Å². The van der Waals surface area contributed by atoms with Gasteiger partial charge >= 0.3 is 0 Å². The third kappa shape index (κ3) is 4.86. The van der Waals surface area contributed by atoms with E-state index in [-0.39, 0.29) is 17.3 Å². The number of nitrogens with zero attached hydrogens (tertiary/aromatic N) is 1.